The van der Waals surface area contributed by atoms with E-state index in [1.165, 1.54) is 32.1 Å². The zero-order chi connectivity index (χ0) is 15.5. The minimum atomic E-state index is -0.403. The molecule has 3 amide bonds. The number of hydrogen-bond donors (Lipinski definition) is 2. The van der Waals surface area contributed by atoms with Gasteiger partial charge in [-0.25, -0.2) is 4.79 Å². The molecule has 120 valence electrons. The summed E-state index contributed by atoms with van der Waals surface area (Å²) in [5.41, 5.74) is -0.329. The summed E-state index contributed by atoms with van der Waals surface area (Å²) < 4.78 is 0. The first-order valence-corrected chi connectivity index (χ1v) is 8.18. The van der Waals surface area contributed by atoms with Crippen molar-refractivity contribution >= 4 is 11.9 Å². The normalized spacial score (nSPS) is 26.8. The fourth-order valence-corrected chi connectivity index (χ4v) is 3.56. The maximum atomic E-state index is 12.0. The molecule has 5 nitrogen and oxygen atoms in total. The quantitative estimate of drug-likeness (QED) is 0.820. The lowest BCUT2D eigenvalue weighted by molar-refractivity contribution is -0.121. The smallest absolute Gasteiger partial charge is 0.321 e. The summed E-state index contributed by atoms with van der Waals surface area (Å²) >= 11 is 0. The molecule has 0 unspecified atom stereocenters. The molecule has 0 aromatic heterocycles. The predicted molar refractivity (Wildman–Crippen MR) is 82.9 cm³/mol. The maximum absolute atomic E-state index is 12.0. The molecule has 1 heterocycles. The maximum Gasteiger partial charge on any atom is 0.321 e. The van der Waals surface area contributed by atoms with Crippen LogP contribution in [0.15, 0.2) is 0 Å². The van der Waals surface area contributed by atoms with E-state index in [2.05, 4.69) is 15.5 Å². The Morgan fingerprint density at radius 1 is 1.10 bits per heavy atom. The summed E-state index contributed by atoms with van der Waals surface area (Å²) in [5.74, 6) is 1.41. The Balaban J connectivity index is 1.74. The van der Waals surface area contributed by atoms with Crippen molar-refractivity contribution in [1.82, 2.24) is 15.5 Å². The van der Waals surface area contributed by atoms with Gasteiger partial charge in [0.05, 0.1) is 6.54 Å². The number of carbonyl (C=O) groups is 2. The highest BCUT2D eigenvalue weighted by molar-refractivity contribution is 5.95. The van der Waals surface area contributed by atoms with Crippen molar-refractivity contribution < 1.29 is 9.59 Å². The fraction of sp³-hybridized carbons (Fsp3) is 0.875. The number of likely N-dealkylation sites (tertiary alicyclic amines) is 1. The van der Waals surface area contributed by atoms with Gasteiger partial charge in [-0.3, -0.25) is 15.0 Å². The van der Waals surface area contributed by atoms with Crippen LogP contribution in [0.5, 0.6) is 0 Å². The van der Waals surface area contributed by atoms with Crippen LogP contribution in [-0.4, -0.2) is 42.0 Å². The minimum Gasteiger partial charge on any atom is -0.333 e. The first-order chi connectivity index (χ1) is 9.83. The molecule has 1 saturated carbocycles. The van der Waals surface area contributed by atoms with E-state index in [9.17, 15) is 9.59 Å². The van der Waals surface area contributed by atoms with Crippen LogP contribution in [0.2, 0.25) is 0 Å². The molecule has 2 rings (SSSR count). The van der Waals surface area contributed by atoms with E-state index in [1.54, 1.807) is 0 Å². The molecule has 1 aliphatic carbocycles. The third-order valence-electron chi connectivity index (χ3n) is 4.48. The van der Waals surface area contributed by atoms with E-state index in [0.717, 1.165) is 24.9 Å². The van der Waals surface area contributed by atoms with Crippen molar-refractivity contribution in [3.05, 3.63) is 0 Å². The van der Waals surface area contributed by atoms with E-state index < -0.39 is 6.03 Å². The number of piperidine rings is 1. The van der Waals surface area contributed by atoms with Gasteiger partial charge in [0.15, 0.2) is 0 Å². The Hall–Kier alpha value is -1.10. The second-order valence-corrected chi connectivity index (χ2v) is 7.58. The average molecular weight is 295 g/mol. The highest BCUT2D eigenvalue weighted by Gasteiger charge is 2.31. The van der Waals surface area contributed by atoms with Crippen LogP contribution in [-0.2, 0) is 4.79 Å². The van der Waals surface area contributed by atoms with Gasteiger partial charge in [0.25, 0.3) is 0 Å². The molecular weight excluding hydrogens is 266 g/mol. The van der Waals surface area contributed by atoms with Crippen molar-refractivity contribution in [2.24, 2.45) is 11.8 Å². The van der Waals surface area contributed by atoms with Crippen molar-refractivity contribution in [3.63, 3.8) is 0 Å². The van der Waals surface area contributed by atoms with E-state index in [0.29, 0.717) is 6.54 Å². The Kier molecular flexibility index (Phi) is 5.25. The Bertz CT molecular complexity index is 389. The second-order valence-electron chi connectivity index (χ2n) is 7.58. The minimum absolute atomic E-state index is 0.203. The standard InChI is InChI=1S/C16H29N3O2/c1-16(2,3)18-15(21)17-14(20)11-19-9-8-12-6-4-5-7-13(12)10-19/h12-13H,4-11H2,1-3H3,(H2,17,18,20,21)/t12-,13+/m0/s1. The third kappa shape index (κ3) is 5.30. The molecule has 2 aliphatic rings. The summed E-state index contributed by atoms with van der Waals surface area (Å²) in [5, 5.41) is 5.17. The fourth-order valence-electron chi connectivity index (χ4n) is 3.56. The lowest BCUT2D eigenvalue weighted by atomic mass is 9.75. The molecule has 0 aromatic rings. The first kappa shape index (κ1) is 16.3. The molecule has 1 saturated heterocycles. The van der Waals surface area contributed by atoms with Crippen molar-refractivity contribution in [2.75, 3.05) is 19.6 Å². The number of nitrogens with zero attached hydrogens (tertiary/aromatic N) is 1. The van der Waals surface area contributed by atoms with Gasteiger partial charge in [-0.15, -0.1) is 0 Å². The monoisotopic (exact) mass is 295 g/mol. The molecule has 21 heavy (non-hydrogen) atoms. The number of imide groups is 1. The number of carbonyl (C=O) groups excluding carboxylic acids is 2. The summed E-state index contributed by atoms with van der Waals surface area (Å²) in [6, 6.07) is -0.403. The van der Waals surface area contributed by atoms with Crippen LogP contribution in [0.3, 0.4) is 0 Å². The van der Waals surface area contributed by atoms with Crippen LogP contribution >= 0.6 is 0 Å². The topological polar surface area (TPSA) is 61.4 Å². The van der Waals surface area contributed by atoms with Gasteiger partial charge in [-0.2, -0.15) is 0 Å². The van der Waals surface area contributed by atoms with Gasteiger partial charge < -0.3 is 5.32 Å². The van der Waals surface area contributed by atoms with Gasteiger partial charge in [-0.1, -0.05) is 19.3 Å². The van der Waals surface area contributed by atoms with Gasteiger partial charge in [0, 0.05) is 12.1 Å². The lowest BCUT2D eigenvalue weighted by Gasteiger charge is -2.41. The summed E-state index contributed by atoms with van der Waals surface area (Å²) in [6.07, 6.45) is 6.56. The Morgan fingerprint density at radius 3 is 2.43 bits per heavy atom. The number of fused-ring (bicyclic) bond motifs is 1. The molecule has 2 fully saturated rings. The number of urea groups is 1. The number of amides is 3. The number of hydrogen-bond acceptors (Lipinski definition) is 3. The van der Waals surface area contributed by atoms with E-state index in [4.69, 9.17) is 0 Å². The van der Waals surface area contributed by atoms with Crippen LogP contribution in [0, 0.1) is 11.8 Å². The largest absolute Gasteiger partial charge is 0.333 e. The van der Waals surface area contributed by atoms with Gasteiger partial charge in [0.1, 0.15) is 0 Å². The molecule has 0 aromatic carbocycles. The lowest BCUT2D eigenvalue weighted by Crippen LogP contribution is -2.51. The summed E-state index contributed by atoms with van der Waals surface area (Å²) in [7, 11) is 0. The van der Waals surface area contributed by atoms with E-state index in [-0.39, 0.29) is 11.4 Å². The summed E-state index contributed by atoms with van der Waals surface area (Å²) in [6.45, 7) is 8.01. The molecule has 0 bridgehead atoms. The van der Waals surface area contributed by atoms with Crippen LogP contribution in [0.25, 0.3) is 0 Å². The zero-order valence-corrected chi connectivity index (χ0v) is 13.6. The van der Waals surface area contributed by atoms with Crippen molar-refractivity contribution in [1.29, 1.82) is 0 Å². The molecule has 0 spiro atoms. The number of nitrogens with one attached hydrogen (secondary N) is 2. The van der Waals surface area contributed by atoms with Crippen LogP contribution in [0.1, 0.15) is 52.9 Å². The molecule has 1 aliphatic heterocycles. The van der Waals surface area contributed by atoms with E-state index >= 15 is 0 Å². The first-order valence-electron chi connectivity index (χ1n) is 8.18. The summed E-state index contributed by atoms with van der Waals surface area (Å²) in [4.78, 5) is 25.8. The highest BCUT2D eigenvalue weighted by atomic mass is 16.2. The SMILES string of the molecule is CC(C)(C)NC(=O)NC(=O)CN1CC[C@@H]2CCCC[C@@H]2C1. The van der Waals surface area contributed by atoms with E-state index in [1.807, 2.05) is 20.8 Å². The Labute approximate surface area is 127 Å². The number of rotatable bonds is 2. The zero-order valence-electron chi connectivity index (χ0n) is 13.6. The van der Waals surface area contributed by atoms with Crippen molar-refractivity contribution in [3.8, 4) is 0 Å². The molecule has 5 heteroatoms. The van der Waals surface area contributed by atoms with Crippen LogP contribution < -0.4 is 10.6 Å². The molecule has 0 radical (unpaired) electrons. The van der Waals surface area contributed by atoms with Gasteiger partial charge in [0.2, 0.25) is 5.91 Å². The predicted octanol–water partition coefficient (Wildman–Crippen LogP) is 2.12. The van der Waals surface area contributed by atoms with Crippen molar-refractivity contribution in [2.45, 2.75) is 58.4 Å². The molecular formula is C16H29N3O2. The van der Waals surface area contributed by atoms with Gasteiger partial charge in [-0.05, 0) is 52.0 Å². The van der Waals surface area contributed by atoms with Crippen LogP contribution in [0.4, 0.5) is 4.79 Å². The van der Waals surface area contributed by atoms with Gasteiger partial charge >= 0.3 is 6.03 Å². The second kappa shape index (κ2) is 6.77. The third-order valence-corrected chi connectivity index (χ3v) is 4.48. The average Bonchev–Trinajstić information content (AvgIpc) is 2.35. The molecule has 2 atom stereocenters. The Morgan fingerprint density at radius 2 is 1.76 bits per heavy atom. The molecule has 2 N–H and O–H groups in total. The highest BCUT2D eigenvalue weighted by Crippen LogP contribution is 2.35.